The molecule has 0 saturated heterocycles. The highest BCUT2D eigenvalue weighted by molar-refractivity contribution is 5.96. The van der Waals surface area contributed by atoms with Crippen molar-refractivity contribution in [1.29, 1.82) is 0 Å². The number of carbonyl (C=O) groups is 1. The van der Waals surface area contributed by atoms with Crippen LogP contribution in [0.25, 0.3) is 0 Å². The second kappa shape index (κ2) is 9.05. The molecule has 0 amide bonds. The summed E-state index contributed by atoms with van der Waals surface area (Å²) >= 11 is 0. The molecule has 1 atom stereocenters. The molecule has 24 heavy (non-hydrogen) atoms. The van der Waals surface area contributed by atoms with Gasteiger partial charge in [0.1, 0.15) is 11.5 Å². The number of aliphatic hydroxyl groups excluding tert-OH is 1. The highest BCUT2D eigenvalue weighted by Gasteiger charge is 2.10. The minimum Gasteiger partial charge on any atom is -0.497 e. The Balaban J connectivity index is 1.78. The normalized spacial score (nSPS) is 11.8. The molecule has 0 spiro atoms. The van der Waals surface area contributed by atoms with Crippen LogP contribution in [-0.4, -0.2) is 38.2 Å². The Morgan fingerprint density at radius 1 is 1.08 bits per heavy atom. The molecule has 0 heterocycles. The second-order valence-electron chi connectivity index (χ2n) is 5.40. The minimum absolute atomic E-state index is 0.0391. The summed E-state index contributed by atoms with van der Waals surface area (Å²) < 4.78 is 10.3. The van der Waals surface area contributed by atoms with E-state index in [0.717, 1.165) is 5.56 Å². The second-order valence-corrected chi connectivity index (χ2v) is 5.40. The molecule has 0 aliphatic carbocycles. The summed E-state index contributed by atoms with van der Waals surface area (Å²) in [4.78, 5) is 12.1. The molecule has 0 radical (unpaired) electrons. The SMILES string of the molecule is COc1cccc(C(=O)CCNCC(O)c2cccc(OC)c2)c1. The molecule has 5 heteroatoms. The lowest BCUT2D eigenvalue weighted by Crippen LogP contribution is -2.24. The maximum absolute atomic E-state index is 12.1. The van der Waals surface area contributed by atoms with Crippen LogP contribution in [0, 0.1) is 0 Å². The Labute approximate surface area is 142 Å². The molecule has 5 nitrogen and oxygen atoms in total. The van der Waals surface area contributed by atoms with Gasteiger partial charge < -0.3 is 19.9 Å². The molecule has 0 aliphatic heterocycles. The molecule has 0 aliphatic rings. The molecule has 2 aromatic carbocycles. The number of benzene rings is 2. The molecular weight excluding hydrogens is 306 g/mol. The smallest absolute Gasteiger partial charge is 0.164 e. The van der Waals surface area contributed by atoms with Gasteiger partial charge in [-0.15, -0.1) is 0 Å². The van der Waals surface area contributed by atoms with E-state index in [1.807, 2.05) is 18.2 Å². The Morgan fingerprint density at radius 3 is 2.46 bits per heavy atom. The molecule has 0 bridgehead atoms. The first-order chi connectivity index (χ1) is 11.6. The van der Waals surface area contributed by atoms with Gasteiger partial charge in [-0.1, -0.05) is 24.3 Å². The van der Waals surface area contributed by atoms with Gasteiger partial charge in [0.25, 0.3) is 0 Å². The van der Waals surface area contributed by atoms with Crippen molar-refractivity contribution in [2.45, 2.75) is 12.5 Å². The van der Waals surface area contributed by atoms with Gasteiger partial charge in [0.05, 0.1) is 20.3 Å². The zero-order chi connectivity index (χ0) is 17.4. The van der Waals surface area contributed by atoms with Gasteiger partial charge in [0, 0.05) is 25.1 Å². The van der Waals surface area contributed by atoms with Crippen molar-refractivity contribution in [3.05, 3.63) is 59.7 Å². The minimum atomic E-state index is -0.646. The van der Waals surface area contributed by atoms with Crippen molar-refractivity contribution in [2.24, 2.45) is 0 Å². The third-order valence-corrected chi connectivity index (χ3v) is 3.74. The van der Waals surface area contributed by atoms with Crippen molar-refractivity contribution >= 4 is 5.78 Å². The van der Waals surface area contributed by atoms with Crippen molar-refractivity contribution in [3.8, 4) is 11.5 Å². The molecule has 1 unspecified atom stereocenters. The van der Waals surface area contributed by atoms with Gasteiger partial charge >= 0.3 is 0 Å². The summed E-state index contributed by atoms with van der Waals surface area (Å²) in [6, 6.07) is 14.4. The number of ether oxygens (including phenoxy) is 2. The summed E-state index contributed by atoms with van der Waals surface area (Å²) in [6.07, 6.45) is -0.287. The van der Waals surface area contributed by atoms with Crippen molar-refractivity contribution < 1.29 is 19.4 Å². The van der Waals surface area contributed by atoms with E-state index in [4.69, 9.17) is 9.47 Å². The van der Waals surface area contributed by atoms with Crippen LogP contribution < -0.4 is 14.8 Å². The number of aliphatic hydroxyl groups is 1. The maximum atomic E-state index is 12.1. The molecule has 2 N–H and O–H groups in total. The third kappa shape index (κ3) is 5.08. The number of hydrogen-bond acceptors (Lipinski definition) is 5. The largest absolute Gasteiger partial charge is 0.497 e. The predicted molar refractivity (Wildman–Crippen MR) is 92.8 cm³/mol. The van der Waals surface area contributed by atoms with Crippen LogP contribution in [0.4, 0.5) is 0 Å². The number of ketones is 1. The highest BCUT2D eigenvalue weighted by atomic mass is 16.5. The lowest BCUT2D eigenvalue weighted by Gasteiger charge is -2.13. The number of methoxy groups -OCH3 is 2. The average Bonchev–Trinajstić information content (AvgIpc) is 2.64. The van der Waals surface area contributed by atoms with Gasteiger partial charge in [0.2, 0.25) is 0 Å². The van der Waals surface area contributed by atoms with Gasteiger partial charge in [-0.25, -0.2) is 0 Å². The van der Waals surface area contributed by atoms with Crippen LogP contribution in [0.15, 0.2) is 48.5 Å². The van der Waals surface area contributed by atoms with E-state index in [2.05, 4.69) is 5.32 Å². The van der Waals surface area contributed by atoms with E-state index < -0.39 is 6.10 Å². The van der Waals surface area contributed by atoms with E-state index in [9.17, 15) is 9.90 Å². The molecule has 0 fully saturated rings. The summed E-state index contributed by atoms with van der Waals surface area (Å²) in [7, 11) is 3.17. The van der Waals surface area contributed by atoms with Gasteiger partial charge in [-0.2, -0.15) is 0 Å². The average molecular weight is 329 g/mol. The fourth-order valence-electron chi connectivity index (χ4n) is 2.35. The Morgan fingerprint density at radius 2 is 1.75 bits per heavy atom. The van der Waals surface area contributed by atoms with Crippen LogP contribution in [0.5, 0.6) is 11.5 Å². The first kappa shape index (κ1) is 18.0. The topological polar surface area (TPSA) is 67.8 Å². The van der Waals surface area contributed by atoms with Crippen molar-refractivity contribution in [2.75, 3.05) is 27.3 Å². The number of carbonyl (C=O) groups excluding carboxylic acids is 1. The quantitative estimate of drug-likeness (QED) is 0.547. The molecular formula is C19H23NO4. The zero-order valence-corrected chi connectivity index (χ0v) is 14.0. The lowest BCUT2D eigenvalue weighted by molar-refractivity contribution is 0.0979. The Bertz CT molecular complexity index is 672. The van der Waals surface area contributed by atoms with Gasteiger partial charge in [0.15, 0.2) is 5.78 Å². The monoisotopic (exact) mass is 329 g/mol. The highest BCUT2D eigenvalue weighted by Crippen LogP contribution is 2.18. The number of Topliss-reactive ketones (excluding diaryl/α,β-unsaturated/α-hetero) is 1. The Kier molecular flexibility index (Phi) is 6.78. The maximum Gasteiger partial charge on any atom is 0.164 e. The van der Waals surface area contributed by atoms with Gasteiger partial charge in [-0.3, -0.25) is 4.79 Å². The van der Waals surface area contributed by atoms with Gasteiger partial charge in [-0.05, 0) is 29.8 Å². The number of hydrogen-bond donors (Lipinski definition) is 2. The Hall–Kier alpha value is -2.37. The molecule has 128 valence electrons. The standard InChI is InChI=1S/C19H23NO4/c1-23-16-7-3-5-14(11-16)18(21)9-10-20-13-19(22)15-6-4-8-17(12-15)24-2/h3-8,11-12,19-20,22H,9-10,13H2,1-2H3. The molecule has 0 aromatic heterocycles. The lowest BCUT2D eigenvalue weighted by atomic mass is 10.1. The van der Waals surface area contributed by atoms with Crippen LogP contribution in [0.3, 0.4) is 0 Å². The molecule has 2 rings (SSSR count). The third-order valence-electron chi connectivity index (χ3n) is 3.74. The van der Waals surface area contributed by atoms with E-state index in [0.29, 0.717) is 36.6 Å². The predicted octanol–water partition coefficient (Wildman–Crippen LogP) is 2.60. The van der Waals surface area contributed by atoms with E-state index >= 15 is 0 Å². The fraction of sp³-hybridized carbons (Fsp3) is 0.316. The zero-order valence-electron chi connectivity index (χ0n) is 14.0. The molecule has 2 aromatic rings. The number of nitrogens with one attached hydrogen (secondary N) is 1. The first-order valence-corrected chi connectivity index (χ1v) is 7.84. The van der Waals surface area contributed by atoms with Crippen LogP contribution in [-0.2, 0) is 0 Å². The van der Waals surface area contributed by atoms with Crippen LogP contribution in [0.2, 0.25) is 0 Å². The summed E-state index contributed by atoms with van der Waals surface area (Å²) in [6.45, 7) is 0.871. The molecule has 0 saturated carbocycles. The summed E-state index contributed by atoms with van der Waals surface area (Å²) in [5, 5.41) is 13.3. The fourth-order valence-corrected chi connectivity index (χ4v) is 2.35. The van der Waals surface area contributed by atoms with E-state index in [-0.39, 0.29) is 5.78 Å². The van der Waals surface area contributed by atoms with Crippen LogP contribution >= 0.6 is 0 Å². The van der Waals surface area contributed by atoms with E-state index in [1.54, 1.807) is 44.6 Å². The number of rotatable bonds is 9. The van der Waals surface area contributed by atoms with Crippen molar-refractivity contribution in [3.63, 3.8) is 0 Å². The van der Waals surface area contributed by atoms with E-state index in [1.165, 1.54) is 0 Å². The summed E-state index contributed by atoms with van der Waals surface area (Å²) in [5.41, 5.74) is 1.41. The first-order valence-electron chi connectivity index (χ1n) is 7.84. The summed E-state index contributed by atoms with van der Waals surface area (Å²) in [5.74, 6) is 1.42. The van der Waals surface area contributed by atoms with Crippen LogP contribution in [0.1, 0.15) is 28.4 Å². The van der Waals surface area contributed by atoms with Crippen molar-refractivity contribution in [1.82, 2.24) is 5.32 Å².